The zero-order valence-electron chi connectivity index (χ0n) is 10.8. The Hall–Kier alpha value is -1.10. The van der Waals surface area contributed by atoms with E-state index in [0.717, 1.165) is 25.8 Å². The van der Waals surface area contributed by atoms with Gasteiger partial charge < -0.3 is 15.5 Å². The fraction of sp³-hybridized carbons (Fsp3) is 0.846. The highest BCUT2D eigenvalue weighted by Crippen LogP contribution is 2.37. The van der Waals surface area contributed by atoms with Gasteiger partial charge in [0.15, 0.2) is 0 Å². The van der Waals surface area contributed by atoms with Gasteiger partial charge in [-0.1, -0.05) is 6.92 Å². The molecule has 5 heteroatoms. The van der Waals surface area contributed by atoms with Crippen LogP contribution in [0.1, 0.15) is 32.6 Å². The maximum absolute atomic E-state index is 12.0. The van der Waals surface area contributed by atoms with E-state index in [1.165, 1.54) is 0 Å². The molecule has 0 aromatic rings. The van der Waals surface area contributed by atoms with E-state index in [-0.39, 0.29) is 23.9 Å². The molecule has 2 amide bonds. The van der Waals surface area contributed by atoms with Crippen molar-refractivity contribution in [2.45, 2.75) is 50.7 Å². The maximum atomic E-state index is 12.0. The molecule has 0 aromatic carbocycles. The van der Waals surface area contributed by atoms with Gasteiger partial charge in [-0.3, -0.25) is 9.59 Å². The van der Waals surface area contributed by atoms with Gasteiger partial charge in [-0.25, -0.2) is 0 Å². The van der Waals surface area contributed by atoms with Crippen LogP contribution in [-0.2, 0) is 9.59 Å². The van der Waals surface area contributed by atoms with E-state index in [4.69, 9.17) is 0 Å². The molecule has 5 nitrogen and oxygen atoms in total. The Labute approximate surface area is 107 Å². The number of carbonyl (C=O) groups is 2. The number of hydrogen-bond acceptors (Lipinski definition) is 3. The predicted molar refractivity (Wildman–Crippen MR) is 66.9 cm³/mol. The van der Waals surface area contributed by atoms with E-state index in [1.807, 2.05) is 4.90 Å². The number of amides is 2. The summed E-state index contributed by atoms with van der Waals surface area (Å²) in [4.78, 5) is 25.8. The molecule has 0 aromatic heterocycles. The van der Waals surface area contributed by atoms with Crippen molar-refractivity contribution in [2.75, 3.05) is 13.1 Å². The summed E-state index contributed by atoms with van der Waals surface area (Å²) in [6.07, 6.45) is 3.57. The third kappa shape index (κ3) is 2.23. The highest BCUT2D eigenvalue weighted by atomic mass is 16.2. The van der Waals surface area contributed by atoms with Crippen LogP contribution in [-0.4, -0.2) is 47.9 Å². The lowest BCUT2D eigenvalue weighted by molar-refractivity contribution is -0.128. The van der Waals surface area contributed by atoms with Gasteiger partial charge in [-0.15, -0.1) is 0 Å². The van der Waals surface area contributed by atoms with Crippen LogP contribution in [0.3, 0.4) is 0 Å². The van der Waals surface area contributed by atoms with Crippen LogP contribution >= 0.6 is 0 Å². The van der Waals surface area contributed by atoms with Gasteiger partial charge in [0, 0.05) is 19.0 Å². The Bertz CT molecular complexity index is 365. The highest BCUT2D eigenvalue weighted by Gasteiger charge is 2.45. The van der Waals surface area contributed by atoms with Crippen LogP contribution in [0.5, 0.6) is 0 Å². The summed E-state index contributed by atoms with van der Waals surface area (Å²) in [7, 11) is 0. The first kappa shape index (κ1) is 12.0. The standard InChI is InChI=1S/C13H21N3O2/c1-8-5-11(8)16-7-9(6-12(16)17)15-13(18)10-3-2-4-14-10/h8-11,14H,2-7H2,1H3,(H,15,18)/t8?,9?,10-,11?/m0/s1. The van der Waals surface area contributed by atoms with Crippen molar-refractivity contribution >= 4 is 11.8 Å². The van der Waals surface area contributed by atoms with Crippen LogP contribution in [0, 0.1) is 5.92 Å². The first-order chi connectivity index (χ1) is 8.65. The summed E-state index contributed by atoms with van der Waals surface area (Å²) in [6, 6.07) is 0.401. The van der Waals surface area contributed by atoms with Gasteiger partial charge in [-0.05, 0) is 31.7 Å². The van der Waals surface area contributed by atoms with Gasteiger partial charge in [0.1, 0.15) is 0 Å². The second kappa shape index (κ2) is 4.53. The quantitative estimate of drug-likeness (QED) is 0.734. The Balaban J connectivity index is 1.52. The van der Waals surface area contributed by atoms with Crippen LogP contribution < -0.4 is 10.6 Å². The van der Waals surface area contributed by atoms with E-state index in [2.05, 4.69) is 17.6 Å². The number of rotatable bonds is 3. The van der Waals surface area contributed by atoms with Crippen molar-refractivity contribution in [1.82, 2.24) is 15.5 Å². The summed E-state index contributed by atoms with van der Waals surface area (Å²) in [5.41, 5.74) is 0. The number of nitrogens with one attached hydrogen (secondary N) is 2. The van der Waals surface area contributed by atoms with E-state index in [0.29, 0.717) is 24.9 Å². The second-order valence-electron chi connectivity index (χ2n) is 5.89. The normalized spacial score (nSPS) is 39.2. The number of carbonyl (C=O) groups excluding carboxylic acids is 2. The van der Waals surface area contributed by atoms with Gasteiger partial charge in [0.2, 0.25) is 11.8 Å². The van der Waals surface area contributed by atoms with Crippen molar-refractivity contribution in [2.24, 2.45) is 5.92 Å². The van der Waals surface area contributed by atoms with Crippen LogP contribution in [0.2, 0.25) is 0 Å². The molecule has 0 spiro atoms. The Kier molecular flexibility index (Phi) is 3.01. The molecule has 18 heavy (non-hydrogen) atoms. The lowest BCUT2D eigenvalue weighted by atomic mass is 10.2. The number of likely N-dealkylation sites (tertiary alicyclic amines) is 1. The van der Waals surface area contributed by atoms with E-state index in [1.54, 1.807) is 0 Å². The molecule has 0 bridgehead atoms. The molecule has 2 N–H and O–H groups in total. The predicted octanol–water partition coefficient (Wildman–Crippen LogP) is -0.136. The molecule has 1 aliphatic carbocycles. The third-order valence-corrected chi connectivity index (χ3v) is 4.35. The Morgan fingerprint density at radius 2 is 2.28 bits per heavy atom. The van der Waals surface area contributed by atoms with Crippen molar-refractivity contribution in [3.05, 3.63) is 0 Å². The molecule has 3 aliphatic rings. The van der Waals surface area contributed by atoms with Gasteiger partial charge in [-0.2, -0.15) is 0 Å². The molecule has 3 rings (SSSR count). The Morgan fingerprint density at radius 1 is 1.50 bits per heavy atom. The summed E-state index contributed by atoms with van der Waals surface area (Å²) >= 11 is 0. The lowest BCUT2D eigenvalue weighted by Crippen LogP contribution is -2.46. The molecule has 0 radical (unpaired) electrons. The molecular weight excluding hydrogens is 230 g/mol. The molecular formula is C13H21N3O2. The fourth-order valence-corrected chi connectivity index (χ4v) is 3.10. The van der Waals surface area contributed by atoms with E-state index < -0.39 is 0 Å². The minimum Gasteiger partial charge on any atom is -0.350 e. The molecule has 2 heterocycles. The van der Waals surface area contributed by atoms with Crippen molar-refractivity contribution < 1.29 is 9.59 Å². The lowest BCUT2D eigenvalue weighted by Gasteiger charge is -2.18. The third-order valence-electron chi connectivity index (χ3n) is 4.35. The minimum absolute atomic E-state index is 0.0141. The summed E-state index contributed by atoms with van der Waals surface area (Å²) in [5.74, 6) is 0.907. The monoisotopic (exact) mass is 251 g/mol. The molecule has 1 saturated carbocycles. The van der Waals surface area contributed by atoms with Gasteiger partial charge in [0.05, 0.1) is 12.1 Å². The van der Waals surface area contributed by atoms with E-state index in [9.17, 15) is 9.59 Å². The zero-order valence-corrected chi connectivity index (χ0v) is 10.8. The number of hydrogen-bond donors (Lipinski definition) is 2. The molecule has 3 unspecified atom stereocenters. The highest BCUT2D eigenvalue weighted by molar-refractivity contribution is 5.85. The SMILES string of the molecule is CC1CC1N1CC(NC(=O)[C@@H]2CCCN2)CC1=O. The zero-order chi connectivity index (χ0) is 12.7. The fourth-order valence-electron chi connectivity index (χ4n) is 3.10. The van der Waals surface area contributed by atoms with Crippen LogP contribution in [0.4, 0.5) is 0 Å². The van der Waals surface area contributed by atoms with Gasteiger partial charge >= 0.3 is 0 Å². The first-order valence-corrected chi connectivity index (χ1v) is 6.98. The molecule has 3 fully saturated rings. The van der Waals surface area contributed by atoms with Crippen LogP contribution in [0.25, 0.3) is 0 Å². The second-order valence-corrected chi connectivity index (χ2v) is 5.89. The van der Waals surface area contributed by atoms with E-state index >= 15 is 0 Å². The summed E-state index contributed by atoms with van der Waals surface area (Å²) in [6.45, 7) is 3.80. The molecule has 2 saturated heterocycles. The van der Waals surface area contributed by atoms with Crippen molar-refractivity contribution in [3.63, 3.8) is 0 Å². The molecule has 100 valence electrons. The smallest absolute Gasteiger partial charge is 0.237 e. The van der Waals surface area contributed by atoms with Gasteiger partial charge in [0.25, 0.3) is 0 Å². The average Bonchev–Trinajstić information content (AvgIpc) is 2.80. The maximum Gasteiger partial charge on any atom is 0.237 e. The minimum atomic E-state index is -0.0472. The summed E-state index contributed by atoms with van der Waals surface area (Å²) in [5, 5.41) is 6.20. The first-order valence-electron chi connectivity index (χ1n) is 6.98. The van der Waals surface area contributed by atoms with Crippen molar-refractivity contribution in [3.8, 4) is 0 Å². The Morgan fingerprint density at radius 3 is 2.89 bits per heavy atom. The average molecular weight is 251 g/mol. The molecule has 4 atom stereocenters. The topological polar surface area (TPSA) is 61.4 Å². The van der Waals surface area contributed by atoms with Crippen molar-refractivity contribution in [1.29, 1.82) is 0 Å². The van der Waals surface area contributed by atoms with Crippen LogP contribution in [0.15, 0.2) is 0 Å². The largest absolute Gasteiger partial charge is 0.350 e. The molecule has 2 aliphatic heterocycles. The number of nitrogens with zero attached hydrogens (tertiary/aromatic N) is 1. The summed E-state index contributed by atoms with van der Waals surface area (Å²) < 4.78 is 0.